The summed E-state index contributed by atoms with van der Waals surface area (Å²) >= 11 is 1.58. The highest BCUT2D eigenvalue weighted by Crippen LogP contribution is 2.31. The Kier molecular flexibility index (Phi) is 2.88. The van der Waals surface area contributed by atoms with Gasteiger partial charge < -0.3 is 10.5 Å². The lowest BCUT2D eigenvalue weighted by molar-refractivity contribution is 0.416. The summed E-state index contributed by atoms with van der Waals surface area (Å²) < 4.78 is 7.00. The molecule has 3 rings (SSSR count). The first-order valence-electron chi connectivity index (χ1n) is 5.54. The van der Waals surface area contributed by atoms with E-state index >= 15 is 0 Å². The average Bonchev–Trinajstić information content (AvgIpc) is 3.09. The highest BCUT2D eigenvalue weighted by Gasteiger charge is 2.15. The summed E-state index contributed by atoms with van der Waals surface area (Å²) in [5.74, 6) is 1.28. The van der Waals surface area contributed by atoms with Crippen molar-refractivity contribution in [2.24, 2.45) is 0 Å². The summed E-state index contributed by atoms with van der Waals surface area (Å²) in [6.07, 6.45) is 0. The molecule has 2 N–H and O–H groups in total. The second-order valence-electron chi connectivity index (χ2n) is 3.86. The van der Waals surface area contributed by atoms with E-state index in [1.54, 1.807) is 41.3 Å². The van der Waals surface area contributed by atoms with Crippen molar-refractivity contribution in [1.29, 1.82) is 0 Å². The van der Waals surface area contributed by atoms with Gasteiger partial charge in [0.15, 0.2) is 5.82 Å². The van der Waals surface area contributed by atoms with Crippen LogP contribution in [-0.4, -0.2) is 27.3 Å². The van der Waals surface area contributed by atoms with Gasteiger partial charge in [-0.15, -0.1) is 5.10 Å². The molecular weight excluding hydrogens is 262 g/mol. The predicted octanol–water partition coefficient (Wildman–Crippen LogP) is 1.98. The third kappa shape index (κ3) is 2.04. The van der Waals surface area contributed by atoms with E-state index in [9.17, 15) is 0 Å². The van der Waals surface area contributed by atoms with E-state index in [4.69, 9.17) is 10.5 Å². The van der Waals surface area contributed by atoms with Crippen LogP contribution in [-0.2, 0) is 0 Å². The van der Waals surface area contributed by atoms with Crippen LogP contribution >= 0.6 is 11.3 Å². The molecule has 0 saturated heterocycles. The second-order valence-corrected chi connectivity index (χ2v) is 4.64. The summed E-state index contributed by atoms with van der Waals surface area (Å²) in [6.45, 7) is 0. The number of nitrogen functional groups attached to an aromatic ring is 1. The fraction of sp³-hybridized carbons (Fsp3) is 0.0833. The van der Waals surface area contributed by atoms with Crippen LogP contribution in [0.15, 0.2) is 35.0 Å². The summed E-state index contributed by atoms with van der Waals surface area (Å²) in [6, 6.07) is 7.33. The van der Waals surface area contributed by atoms with E-state index in [2.05, 4.69) is 15.5 Å². The van der Waals surface area contributed by atoms with Crippen molar-refractivity contribution in [2.75, 3.05) is 12.8 Å². The molecule has 0 aliphatic heterocycles. The van der Waals surface area contributed by atoms with E-state index in [0.717, 1.165) is 11.3 Å². The number of anilines is 1. The molecule has 0 fully saturated rings. The Morgan fingerprint density at radius 3 is 2.95 bits per heavy atom. The summed E-state index contributed by atoms with van der Waals surface area (Å²) in [7, 11) is 1.60. The largest absolute Gasteiger partial charge is 0.496 e. The molecule has 0 aliphatic rings. The van der Waals surface area contributed by atoms with Gasteiger partial charge in [0.2, 0.25) is 0 Å². The van der Waals surface area contributed by atoms with Gasteiger partial charge in [0.25, 0.3) is 0 Å². The molecule has 96 valence electrons. The van der Waals surface area contributed by atoms with Gasteiger partial charge in [-0.2, -0.15) is 16.0 Å². The molecule has 19 heavy (non-hydrogen) atoms. The quantitative estimate of drug-likeness (QED) is 0.738. The van der Waals surface area contributed by atoms with Gasteiger partial charge in [0, 0.05) is 11.1 Å². The number of thiophene rings is 1. The lowest BCUT2D eigenvalue weighted by Gasteiger charge is -2.08. The monoisotopic (exact) mass is 273 g/mol. The van der Waals surface area contributed by atoms with Crippen LogP contribution in [0.5, 0.6) is 5.75 Å². The number of benzene rings is 1. The van der Waals surface area contributed by atoms with Crippen LogP contribution in [0.3, 0.4) is 0 Å². The van der Waals surface area contributed by atoms with E-state index < -0.39 is 0 Å². The smallest absolute Gasteiger partial charge is 0.190 e. The van der Waals surface area contributed by atoms with Crippen LogP contribution < -0.4 is 10.5 Å². The number of tetrazole rings is 1. The molecule has 3 aromatic rings. The number of rotatable bonds is 3. The Morgan fingerprint density at radius 1 is 1.32 bits per heavy atom. The molecule has 0 bridgehead atoms. The minimum atomic E-state index is 0.600. The maximum atomic E-state index is 5.83. The molecule has 0 radical (unpaired) electrons. The summed E-state index contributed by atoms with van der Waals surface area (Å²) in [5.41, 5.74) is 8.13. The average molecular weight is 273 g/mol. The first-order chi connectivity index (χ1) is 9.29. The van der Waals surface area contributed by atoms with Crippen molar-refractivity contribution in [3.05, 3.63) is 35.0 Å². The van der Waals surface area contributed by atoms with Crippen molar-refractivity contribution in [2.45, 2.75) is 0 Å². The van der Waals surface area contributed by atoms with Crippen molar-refractivity contribution >= 4 is 17.0 Å². The van der Waals surface area contributed by atoms with Gasteiger partial charge in [-0.1, -0.05) is 0 Å². The van der Waals surface area contributed by atoms with E-state index in [1.807, 2.05) is 16.8 Å². The number of nitrogens with two attached hydrogens (primary N) is 1. The number of hydrogen-bond acceptors (Lipinski definition) is 6. The fourth-order valence-electron chi connectivity index (χ4n) is 1.81. The Bertz CT molecular complexity index is 692. The zero-order valence-electron chi connectivity index (χ0n) is 10.1. The first kappa shape index (κ1) is 11.7. The lowest BCUT2D eigenvalue weighted by Crippen LogP contribution is -2.00. The third-order valence-corrected chi connectivity index (χ3v) is 3.36. The van der Waals surface area contributed by atoms with Crippen LogP contribution in [0, 0.1) is 0 Å². The first-order valence-corrected chi connectivity index (χ1v) is 6.48. The van der Waals surface area contributed by atoms with E-state index in [1.165, 1.54) is 0 Å². The SMILES string of the molecule is COc1ccc(N)cc1-c1nnnn1-c1ccsc1. The normalized spacial score (nSPS) is 10.6. The van der Waals surface area contributed by atoms with Gasteiger partial charge in [-0.05, 0) is 40.1 Å². The molecule has 0 unspecified atom stereocenters. The molecule has 7 heteroatoms. The lowest BCUT2D eigenvalue weighted by atomic mass is 10.1. The Balaban J connectivity index is 2.18. The minimum Gasteiger partial charge on any atom is -0.496 e. The molecule has 2 heterocycles. The van der Waals surface area contributed by atoms with E-state index in [0.29, 0.717) is 17.3 Å². The second kappa shape index (κ2) is 4.69. The van der Waals surface area contributed by atoms with Crippen molar-refractivity contribution in [3.8, 4) is 22.8 Å². The molecule has 1 aromatic carbocycles. The minimum absolute atomic E-state index is 0.600. The summed E-state index contributed by atoms with van der Waals surface area (Å²) in [4.78, 5) is 0. The summed E-state index contributed by atoms with van der Waals surface area (Å²) in [5, 5.41) is 15.7. The molecule has 6 nitrogen and oxygen atoms in total. The van der Waals surface area contributed by atoms with Gasteiger partial charge >= 0.3 is 0 Å². The molecule has 0 spiro atoms. The maximum Gasteiger partial charge on any atom is 0.190 e. The van der Waals surface area contributed by atoms with Crippen LogP contribution in [0.4, 0.5) is 5.69 Å². The maximum absolute atomic E-state index is 5.83. The molecule has 0 amide bonds. The molecular formula is C12H11N5OS. The van der Waals surface area contributed by atoms with Crippen LogP contribution in [0.1, 0.15) is 0 Å². The highest BCUT2D eigenvalue weighted by molar-refractivity contribution is 7.08. The Labute approximate surface area is 113 Å². The zero-order valence-corrected chi connectivity index (χ0v) is 11.0. The number of methoxy groups -OCH3 is 1. The van der Waals surface area contributed by atoms with Crippen LogP contribution in [0.2, 0.25) is 0 Å². The number of nitrogens with zero attached hydrogens (tertiary/aromatic N) is 4. The molecule has 2 aromatic heterocycles. The zero-order chi connectivity index (χ0) is 13.2. The number of hydrogen-bond donors (Lipinski definition) is 1. The molecule has 0 saturated carbocycles. The predicted molar refractivity (Wildman–Crippen MR) is 73.4 cm³/mol. The standard InChI is InChI=1S/C12H11N5OS/c1-18-11-3-2-8(13)6-10(11)12-14-15-16-17(12)9-4-5-19-7-9/h2-7H,13H2,1H3. The Hall–Kier alpha value is -2.41. The van der Waals surface area contributed by atoms with Gasteiger partial charge in [0.05, 0.1) is 18.4 Å². The highest BCUT2D eigenvalue weighted by atomic mass is 32.1. The fourth-order valence-corrected chi connectivity index (χ4v) is 2.42. The third-order valence-electron chi connectivity index (χ3n) is 2.68. The van der Waals surface area contributed by atoms with Crippen molar-refractivity contribution < 1.29 is 4.74 Å². The van der Waals surface area contributed by atoms with Gasteiger partial charge in [0.1, 0.15) is 5.75 Å². The topological polar surface area (TPSA) is 78.8 Å². The van der Waals surface area contributed by atoms with Gasteiger partial charge in [-0.3, -0.25) is 0 Å². The van der Waals surface area contributed by atoms with Crippen LogP contribution in [0.25, 0.3) is 17.1 Å². The van der Waals surface area contributed by atoms with Gasteiger partial charge in [-0.25, -0.2) is 0 Å². The number of aromatic nitrogens is 4. The number of ether oxygens (including phenoxy) is 1. The molecule has 0 atom stereocenters. The van der Waals surface area contributed by atoms with Crippen molar-refractivity contribution in [3.63, 3.8) is 0 Å². The Morgan fingerprint density at radius 2 is 2.21 bits per heavy atom. The molecule has 0 aliphatic carbocycles. The van der Waals surface area contributed by atoms with Crippen molar-refractivity contribution in [1.82, 2.24) is 20.2 Å². The van der Waals surface area contributed by atoms with E-state index in [-0.39, 0.29) is 0 Å².